The van der Waals surface area contributed by atoms with Gasteiger partial charge in [0.25, 0.3) is 20.2 Å². The van der Waals surface area contributed by atoms with Gasteiger partial charge in [-0.3, -0.25) is 9.11 Å². The Labute approximate surface area is 195 Å². The maximum absolute atomic E-state index is 10.2. The molecule has 3 N–H and O–H groups in total. The van der Waals surface area contributed by atoms with Crippen molar-refractivity contribution >= 4 is 138 Å². The summed E-state index contributed by atoms with van der Waals surface area (Å²) in [7, 11) is -8.37. The van der Waals surface area contributed by atoms with Gasteiger partial charge in [-0.1, -0.05) is 0 Å². The van der Waals surface area contributed by atoms with Crippen molar-refractivity contribution < 1.29 is 31.1 Å². The van der Waals surface area contributed by atoms with E-state index in [4.69, 9.17) is 14.3 Å². The van der Waals surface area contributed by atoms with Crippen molar-refractivity contribution in [3.05, 3.63) is 0 Å². The van der Waals surface area contributed by atoms with Crippen LogP contribution < -0.4 is 0 Å². The van der Waals surface area contributed by atoms with Crippen LogP contribution in [0.3, 0.4) is 0 Å². The molecule has 0 fully saturated rings. The predicted octanol–water partition coefficient (Wildman–Crippen LogP) is -4.14. The van der Waals surface area contributed by atoms with Crippen LogP contribution in [0.15, 0.2) is 0 Å². The van der Waals surface area contributed by atoms with Crippen molar-refractivity contribution in [3.63, 3.8) is 0 Å². The summed E-state index contributed by atoms with van der Waals surface area (Å²) in [5, 5.41) is 9.23. The molecule has 0 aliphatic heterocycles. The van der Waals surface area contributed by atoms with Gasteiger partial charge in [-0.05, 0) is 0 Å². The molecule has 0 aromatic carbocycles. The average Bonchev–Trinajstić information content (AvgIpc) is 1.94. The Morgan fingerprint density at radius 1 is 0.722 bits per heavy atom. The van der Waals surface area contributed by atoms with E-state index in [1.54, 1.807) is 0 Å². The summed E-state index contributed by atoms with van der Waals surface area (Å²) in [6.07, 6.45) is 0. The Hall–Kier alpha value is 3.74. The van der Waals surface area contributed by atoms with Crippen LogP contribution in [-0.4, -0.2) is 179 Å². The molecule has 0 aromatic rings. The molecule has 0 atom stereocenters. The van der Waals surface area contributed by atoms with E-state index in [0.29, 0.717) is 5.06 Å². The molecule has 18 heavy (non-hydrogen) atoms. The summed E-state index contributed by atoms with van der Waals surface area (Å²) in [6.45, 7) is -0.872. The molecule has 8 nitrogen and oxygen atoms in total. The van der Waals surface area contributed by atoms with Gasteiger partial charge in [-0.15, -0.1) is 0 Å². The zero-order valence-electron chi connectivity index (χ0n) is 7.07. The number of hydroxylamine groups is 2. The SMILES string of the molecule is O=S(=O)(O)CCN(O)CCS(=O)(=O)O.[NaH].[NaH].[NaH].[NaH]. The van der Waals surface area contributed by atoms with Crippen LogP contribution in [0, 0.1) is 0 Å². The molecule has 0 spiro atoms. The molecule has 0 heterocycles. The molecule has 14 heteroatoms. The number of hydrogen-bond acceptors (Lipinski definition) is 6. The molecule has 0 radical (unpaired) electrons. The minimum absolute atomic E-state index is 0. The van der Waals surface area contributed by atoms with Crippen LogP contribution in [0.5, 0.6) is 0 Å². The van der Waals surface area contributed by atoms with E-state index < -0.39 is 44.8 Å². The van der Waals surface area contributed by atoms with Crippen molar-refractivity contribution in [1.29, 1.82) is 0 Å². The first-order valence-electron chi connectivity index (χ1n) is 3.44. The van der Waals surface area contributed by atoms with Gasteiger partial charge < -0.3 is 5.21 Å². The third-order valence-corrected chi connectivity index (χ3v) is 2.61. The molecule has 0 unspecified atom stereocenters. The van der Waals surface area contributed by atoms with Gasteiger partial charge in [-0.2, -0.15) is 21.9 Å². The summed E-state index contributed by atoms with van der Waals surface area (Å²) in [5.74, 6) is -1.43. The molecule has 0 aliphatic carbocycles. The van der Waals surface area contributed by atoms with Gasteiger partial charge >= 0.3 is 118 Å². The Morgan fingerprint density at radius 2 is 0.944 bits per heavy atom. The van der Waals surface area contributed by atoms with Crippen LogP contribution >= 0.6 is 0 Å². The van der Waals surface area contributed by atoms with E-state index >= 15 is 0 Å². The van der Waals surface area contributed by atoms with Crippen molar-refractivity contribution in [2.45, 2.75) is 0 Å². The molecule has 0 aliphatic rings. The van der Waals surface area contributed by atoms with Crippen LogP contribution in [-0.2, 0) is 20.2 Å². The zero-order valence-corrected chi connectivity index (χ0v) is 8.70. The molecule has 0 rings (SSSR count). The minimum atomic E-state index is -4.19. The van der Waals surface area contributed by atoms with Crippen molar-refractivity contribution in [1.82, 2.24) is 5.06 Å². The number of rotatable bonds is 6. The number of nitrogens with zero attached hydrogens (tertiary/aromatic N) is 1. The zero-order chi connectivity index (χ0) is 11.4. The molecule has 0 saturated heterocycles. The van der Waals surface area contributed by atoms with Crippen LogP contribution in [0.2, 0.25) is 0 Å². The third kappa shape index (κ3) is 28.0. The summed E-state index contributed by atoms with van der Waals surface area (Å²) in [4.78, 5) is 0. The van der Waals surface area contributed by atoms with Gasteiger partial charge in [-0.25, -0.2) is 0 Å². The van der Waals surface area contributed by atoms with Gasteiger partial charge in [0.2, 0.25) is 0 Å². The van der Waals surface area contributed by atoms with Crippen LogP contribution in [0.4, 0.5) is 0 Å². The van der Waals surface area contributed by atoms with Crippen molar-refractivity contribution in [3.8, 4) is 0 Å². The first kappa shape index (κ1) is 33.4. The molecular weight excluding hydrogens is 330 g/mol. The first-order chi connectivity index (χ1) is 6.10. The first-order valence-corrected chi connectivity index (χ1v) is 6.66. The summed E-state index contributed by atoms with van der Waals surface area (Å²) >= 11 is 0. The molecule has 0 amide bonds. The fourth-order valence-electron chi connectivity index (χ4n) is 0.553. The monoisotopic (exact) mass is 345 g/mol. The molecule has 0 saturated carbocycles. The van der Waals surface area contributed by atoms with E-state index in [1.165, 1.54) is 0 Å². The summed E-state index contributed by atoms with van der Waals surface area (Å²) < 4.78 is 57.3. The molecule has 0 aromatic heterocycles. The van der Waals surface area contributed by atoms with Gasteiger partial charge in [0.05, 0.1) is 11.5 Å². The summed E-state index contributed by atoms with van der Waals surface area (Å²) in [6, 6.07) is 0. The standard InChI is InChI=1S/C4H11NO7S2.4Na.4H/c6-5(1-3-13(7,8)9)2-4-14(10,11)12;;;;;;;;/h6H,1-4H2,(H,7,8,9)(H,10,11,12);;;;;;;;. The van der Waals surface area contributed by atoms with Crippen LogP contribution in [0.25, 0.3) is 0 Å². The Bertz CT molecular complexity index is 335. The van der Waals surface area contributed by atoms with E-state index in [-0.39, 0.29) is 118 Å². The fourth-order valence-corrected chi connectivity index (χ4v) is 1.44. The van der Waals surface area contributed by atoms with Crippen molar-refractivity contribution in [2.24, 2.45) is 0 Å². The van der Waals surface area contributed by atoms with Gasteiger partial charge in [0, 0.05) is 13.1 Å². The van der Waals surface area contributed by atoms with Crippen LogP contribution in [0.1, 0.15) is 0 Å². The van der Waals surface area contributed by atoms with E-state index in [0.717, 1.165) is 0 Å². The normalized spacial score (nSPS) is 10.4. The van der Waals surface area contributed by atoms with E-state index in [9.17, 15) is 16.8 Å². The summed E-state index contributed by atoms with van der Waals surface area (Å²) in [5.41, 5.74) is 0. The average molecular weight is 345 g/mol. The Morgan fingerprint density at radius 3 is 1.11 bits per heavy atom. The Balaban J connectivity index is -0.000000141. The second-order valence-corrected chi connectivity index (χ2v) is 5.67. The molecule has 94 valence electrons. The second-order valence-electron chi connectivity index (χ2n) is 2.53. The molecular formula is C4H15NNa4O7S2. The fraction of sp³-hybridized carbons (Fsp3) is 1.00. The predicted molar refractivity (Wildman–Crippen MR) is 74.8 cm³/mol. The van der Waals surface area contributed by atoms with Gasteiger partial charge in [0.15, 0.2) is 0 Å². The van der Waals surface area contributed by atoms with Crippen molar-refractivity contribution in [2.75, 3.05) is 24.6 Å². The van der Waals surface area contributed by atoms with E-state index in [1.807, 2.05) is 0 Å². The quantitative estimate of drug-likeness (QED) is 0.251. The third-order valence-electron chi connectivity index (χ3n) is 1.21. The Kier molecular flexibility index (Phi) is 29.0. The van der Waals surface area contributed by atoms with E-state index in [2.05, 4.69) is 0 Å². The molecule has 0 bridgehead atoms. The number of hydrogen-bond donors (Lipinski definition) is 3. The van der Waals surface area contributed by atoms with Gasteiger partial charge in [0.1, 0.15) is 0 Å². The maximum atomic E-state index is 10.2. The topological polar surface area (TPSA) is 132 Å². The second kappa shape index (κ2) is 15.6.